The Bertz CT molecular complexity index is 553. The van der Waals surface area contributed by atoms with Gasteiger partial charge in [-0.1, -0.05) is 18.2 Å². The third-order valence-corrected chi connectivity index (χ3v) is 3.81. The third-order valence-electron chi connectivity index (χ3n) is 3.81. The van der Waals surface area contributed by atoms with Gasteiger partial charge in [0.1, 0.15) is 11.8 Å². The molecule has 1 aromatic carbocycles. The Morgan fingerprint density at radius 2 is 2.09 bits per heavy atom. The molecule has 1 aromatic rings. The number of nitrogens with one attached hydrogen (secondary N) is 2. The topological polar surface area (TPSA) is 70.7 Å². The van der Waals surface area contributed by atoms with Crippen LogP contribution in [0.15, 0.2) is 24.3 Å². The average molecular weight is 342 g/mol. The highest BCUT2D eigenvalue weighted by atomic mass is 35.5. The zero-order valence-corrected chi connectivity index (χ0v) is 14.5. The summed E-state index contributed by atoms with van der Waals surface area (Å²) in [5.74, 6) is 0.485. The quantitative estimate of drug-likeness (QED) is 0.861. The van der Waals surface area contributed by atoms with E-state index < -0.39 is 6.04 Å². The average Bonchev–Trinajstić information content (AvgIpc) is 2.53. The summed E-state index contributed by atoms with van der Waals surface area (Å²) in [6, 6.07) is 7.07. The van der Waals surface area contributed by atoms with Crippen LogP contribution >= 0.6 is 12.4 Å². The maximum atomic E-state index is 12.7. The van der Waals surface area contributed by atoms with Crippen molar-refractivity contribution in [3.05, 3.63) is 29.8 Å². The second-order valence-corrected chi connectivity index (χ2v) is 5.42. The molecule has 2 N–H and O–H groups in total. The van der Waals surface area contributed by atoms with E-state index in [0.29, 0.717) is 13.1 Å². The summed E-state index contributed by atoms with van der Waals surface area (Å²) >= 11 is 0. The molecule has 1 aliphatic heterocycles. The standard InChI is InChI=1S/C16H23N3O3.ClH/c1-11(18-12(2)20)16(21)19-9-8-17-10-14(19)13-6-4-5-7-15(13)22-3;/h4-7,11,14,17H,8-10H2,1-3H3,(H,18,20);1H. The molecule has 0 bridgehead atoms. The number of methoxy groups -OCH3 is 1. The number of ether oxygens (including phenoxy) is 1. The molecule has 1 fully saturated rings. The Balaban J connectivity index is 0.00000264. The number of hydrogen-bond acceptors (Lipinski definition) is 4. The molecule has 0 radical (unpaired) electrons. The molecule has 0 aromatic heterocycles. The maximum Gasteiger partial charge on any atom is 0.245 e. The minimum Gasteiger partial charge on any atom is -0.496 e. The van der Waals surface area contributed by atoms with Crippen LogP contribution in [0.3, 0.4) is 0 Å². The fourth-order valence-electron chi connectivity index (χ4n) is 2.80. The number of carbonyl (C=O) groups is 2. The van der Waals surface area contributed by atoms with Crippen LogP contribution in [0.25, 0.3) is 0 Å². The Hall–Kier alpha value is -1.79. The predicted molar refractivity (Wildman–Crippen MR) is 90.8 cm³/mol. The van der Waals surface area contributed by atoms with Crippen LogP contribution in [0.4, 0.5) is 0 Å². The number of benzene rings is 1. The van der Waals surface area contributed by atoms with Gasteiger partial charge in [-0.15, -0.1) is 12.4 Å². The number of hydrogen-bond donors (Lipinski definition) is 2. The maximum absolute atomic E-state index is 12.7. The van der Waals surface area contributed by atoms with Crippen molar-refractivity contribution in [3.8, 4) is 5.75 Å². The fraction of sp³-hybridized carbons (Fsp3) is 0.500. The molecule has 1 heterocycles. The highest BCUT2D eigenvalue weighted by Crippen LogP contribution is 2.30. The van der Waals surface area contributed by atoms with Crippen molar-refractivity contribution in [3.63, 3.8) is 0 Å². The minimum atomic E-state index is -0.534. The first kappa shape index (κ1) is 19.3. The molecular weight excluding hydrogens is 318 g/mol. The van der Waals surface area contributed by atoms with E-state index in [-0.39, 0.29) is 30.3 Å². The van der Waals surface area contributed by atoms with Gasteiger partial charge in [-0.2, -0.15) is 0 Å². The van der Waals surface area contributed by atoms with Gasteiger partial charge in [-0.05, 0) is 13.0 Å². The van der Waals surface area contributed by atoms with Crippen LogP contribution in [-0.2, 0) is 9.59 Å². The van der Waals surface area contributed by atoms with Crippen molar-refractivity contribution in [2.45, 2.75) is 25.9 Å². The molecule has 0 aliphatic carbocycles. The van der Waals surface area contributed by atoms with E-state index in [1.165, 1.54) is 6.92 Å². The monoisotopic (exact) mass is 341 g/mol. The Morgan fingerprint density at radius 1 is 1.39 bits per heavy atom. The lowest BCUT2D eigenvalue weighted by molar-refractivity contribution is -0.138. The van der Waals surface area contributed by atoms with Crippen LogP contribution in [0.2, 0.25) is 0 Å². The first-order chi connectivity index (χ1) is 10.5. The van der Waals surface area contributed by atoms with E-state index in [4.69, 9.17) is 4.74 Å². The summed E-state index contributed by atoms with van der Waals surface area (Å²) in [6.45, 7) is 5.14. The molecule has 2 rings (SSSR count). The van der Waals surface area contributed by atoms with E-state index in [1.807, 2.05) is 29.2 Å². The first-order valence-electron chi connectivity index (χ1n) is 7.45. The number of carbonyl (C=O) groups excluding carboxylic acids is 2. The Labute approximate surface area is 143 Å². The van der Waals surface area contributed by atoms with Crippen LogP contribution in [0, 0.1) is 0 Å². The van der Waals surface area contributed by atoms with Gasteiger partial charge in [0.15, 0.2) is 0 Å². The zero-order chi connectivity index (χ0) is 16.1. The highest BCUT2D eigenvalue weighted by Gasteiger charge is 2.32. The number of amides is 2. The minimum absolute atomic E-state index is 0. The lowest BCUT2D eigenvalue weighted by atomic mass is 10.0. The molecule has 23 heavy (non-hydrogen) atoms. The largest absolute Gasteiger partial charge is 0.496 e. The number of rotatable bonds is 4. The van der Waals surface area contributed by atoms with Crippen molar-refractivity contribution in [1.82, 2.24) is 15.5 Å². The second kappa shape index (κ2) is 8.74. The smallest absolute Gasteiger partial charge is 0.245 e. The lowest BCUT2D eigenvalue weighted by Crippen LogP contribution is -2.54. The molecule has 7 heteroatoms. The van der Waals surface area contributed by atoms with E-state index in [1.54, 1.807) is 14.0 Å². The van der Waals surface area contributed by atoms with E-state index in [9.17, 15) is 9.59 Å². The van der Waals surface area contributed by atoms with Gasteiger partial charge in [0.05, 0.1) is 13.2 Å². The first-order valence-corrected chi connectivity index (χ1v) is 7.45. The molecule has 128 valence electrons. The Morgan fingerprint density at radius 3 is 2.74 bits per heavy atom. The Kier molecular flexibility index (Phi) is 7.32. The third kappa shape index (κ3) is 4.59. The molecule has 0 spiro atoms. The SMILES string of the molecule is COc1ccccc1C1CNCCN1C(=O)C(C)NC(C)=O.Cl. The summed E-state index contributed by atoms with van der Waals surface area (Å²) in [6.07, 6.45) is 0. The van der Waals surface area contributed by atoms with Crippen LogP contribution < -0.4 is 15.4 Å². The predicted octanol–water partition coefficient (Wildman–Crippen LogP) is 1.11. The summed E-state index contributed by atoms with van der Waals surface area (Å²) in [7, 11) is 1.63. The van der Waals surface area contributed by atoms with E-state index in [2.05, 4.69) is 10.6 Å². The van der Waals surface area contributed by atoms with E-state index >= 15 is 0 Å². The number of halogens is 1. The second-order valence-electron chi connectivity index (χ2n) is 5.42. The molecule has 1 saturated heterocycles. The van der Waals surface area contributed by atoms with Crippen molar-refractivity contribution in [1.29, 1.82) is 0 Å². The highest BCUT2D eigenvalue weighted by molar-refractivity contribution is 5.87. The van der Waals surface area contributed by atoms with Gasteiger partial charge >= 0.3 is 0 Å². The van der Waals surface area contributed by atoms with Crippen molar-refractivity contribution < 1.29 is 14.3 Å². The van der Waals surface area contributed by atoms with E-state index in [0.717, 1.165) is 17.9 Å². The van der Waals surface area contributed by atoms with Crippen molar-refractivity contribution in [2.24, 2.45) is 0 Å². The fourth-order valence-corrected chi connectivity index (χ4v) is 2.80. The number of piperazine rings is 1. The molecule has 6 nitrogen and oxygen atoms in total. The van der Waals surface area contributed by atoms with Crippen molar-refractivity contribution in [2.75, 3.05) is 26.7 Å². The molecule has 0 saturated carbocycles. The molecule has 2 atom stereocenters. The molecular formula is C16H24ClN3O3. The normalized spacial score (nSPS) is 18.6. The van der Waals surface area contributed by atoms with Gasteiger partial charge in [-0.3, -0.25) is 9.59 Å². The van der Waals surface area contributed by atoms with Crippen molar-refractivity contribution >= 4 is 24.2 Å². The van der Waals surface area contributed by atoms with Crippen LogP contribution in [0.1, 0.15) is 25.5 Å². The summed E-state index contributed by atoms with van der Waals surface area (Å²) in [4.78, 5) is 25.7. The summed E-state index contributed by atoms with van der Waals surface area (Å²) in [5, 5.41) is 5.97. The number of para-hydroxylation sites is 1. The molecule has 2 unspecified atom stereocenters. The van der Waals surface area contributed by atoms with Gasteiger partial charge in [0.2, 0.25) is 11.8 Å². The molecule has 2 amide bonds. The van der Waals surface area contributed by atoms with Gasteiger partial charge in [0.25, 0.3) is 0 Å². The summed E-state index contributed by atoms with van der Waals surface area (Å²) in [5.41, 5.74) is 0.973. The van der Waals surface area contributed by atoms with Crippen LogP contribution in [-0.4, -0.2) is 49.5 Å². The van der Waals surface area contributed by atoms with Gasteiger partial charge in [0, 0.05) is 32.1 Å². The molecule has 1 aliphatic rings. The van der Waals surface area contributed by atoms with Crippen LogP contribution in [0.5, 0.6) is 5.75 Å². The lowest BCUT2D eigenvalue weighted by Gasteiger charge is -2.38. The van der Waals surface area contributed by atoms with Gasteiger partial charge in [-0.25, -0.2) is 0 Å². The summed E-state index contributed by atoms with van der Waals surface area (Å²) < 4.78 is 5.42. The number of nitrogens with zero attached hydrogens (tertiary/aromatic N) is 1. The zero-order valence-electron chi connectivity index (χ0n) is 13.7. The van der Waals surface area contributed by atoms with Gasteiger partial charge < -0.3 is 20.3 Å².